The Bertz CT molecular complexity index is 384. The molecule has 1 aromatic heterocycles. The van der Waals surface area contributed by atoms with Gasteiger partial charge in [0.1, 0.15) is 5.82 Å². The van der Waals surface area contributed by atoms with Gasteiger partial charge < -0.3 is 19.5 Å². The molecule has 0 spiro atoms. The first-order valence-electron chi connectivity index (χ1n) is 6.49. The Labute approximate surface area is 118 Å². The highest BCUT2D eigenvalue weighted by Gasteiger charge is 2.06. The predicted molar refractivity (Wildman–Crippen MR) is 73.8 cm³/mol. The molecule has 112 valence electrons. The summed E-state index contributed by atoms with van der Waals surface area (Å²) >= 11 is 0. The zero-order valence-corrected chi connectivity index (χ0v) is 11.9. The number of nitrogens with one attached hydrogen (secondary N) is 1. The van der Waals surface area contributed by atoms with Gasteiger partial charge in [0.25, 0.3) is 0 Å². The third-order valence-corrected chi connectivity index (χ3v) is 2.50. The van der Waals surface area contributed by atoms with Crippen molar-refractivity contribution in [3.8, 4) is 0 Å². The van der Waals surface area contributed by atoms with Gasteiger partial charge in [-0.3, -0.25) is 0 Å². The molecule has 0 amide bonds. The van der Waals surface area contributed by atoms with Crippen LogP contribution in [0.5, 0.6) is 0 Å². The first-order valence-corrected chi connectivity index (χ1v) is 6.49. The topological polar surface area (TPSA) is 82.6 Å². The van der Waals surface area contributed by atoms with Crippen LogP contribution < -0.4 is 5.32 Å². The van der Waals surface area contributed by atoms with E-state index in [-0.39, 0.29) is 5.69 Å². The lowest BCUT2D eigenvalue weighted by atomic mass is 10.3. The summed E-state index contributed by atoms with van der Waals surface area (Å²) < 4.78 is 14.8. The highest BCUT2D eigenvalue weighted by molar-refractivity contribution is 5.86. The molecule has 0 saturated heterocycles. The summed E-state index contributed by atoms with van der Waals surface area (Å²) in [6.45, 7) is 2.75. The quantitative estimate of drug-likeness (QED) is 0.509. The lowest BCUT2D eigenvalue weighted by Gasteiger charge is -2.06. The van der Waals surface area contributed by atoms with Gasteiger partial charge in [-0.25, -0.2) is 14.8 Å². The fraction of sp³-hybridized carbons (Fsp3) is 0.615. The van der Waals surface area contributed by atoms with E-state index in [0.717, 1.165) is 26.0 Å². The Morgan fingerprint density at radius 3 is 2.65 bits per heavy atom. The van der Waals surface area contributed by atoms with Gasteiger partial charge in [-0.15, -0.1) is 0 Å². The van der Waals surface area contributed by atoms with Crippen LogP contribution in [0.1, 0.15) is 23.3 Å². The molecule has 0 aliphatic heterocycles. The van der Waals surface area contributed by atoms with Gasteiger partial charge in [0, 0.05) is 20.3 Å². The van der Waals surface area contributed by atoms with Crippen LogP contribution in [0.25, 0.3) is 0 Å². The van der Waals surface area contributed by atoms with Gasteiger partial charge >= 0.3 is 5.97 Å². The first-order chi connectivity index (χ1) is 9.77. The van der Waals surface area contributed by atoms with Crippen molar-refractivity contribution < 1.29 is 19.0 Å². The number of rotatable bonds is 10. The van der Waals surface area contributed by atoms with E-state index in [2.05, 4.69) is 20.0 Å². The van der Waals surface area contributed by atoms with Crippen LogP contribution >= 0.6 is 0 Å². The van der Waals surface area contributed by atoms with Crippen LogP contribution in [-0.2, 0) is 14.2 Å². The maximum atomic E-state index is 11.2. The normalized spacial score (nSPS) is 10.3. The molecule has 1 heterocycles. The van der Waals surface area contributed by atoms with Crippen molar-refractivity contribution >= 4 is 11.8 Å². The Kier molecular flexibility index (Phi) is 8.25. The van der Waals surface area contributed by atoms with Crippen molar-refractivity contribution in [1.82, 2.24) is 9.97 Å². The number of anilines is 1. The fourth-order valence-electron chi connectivity index (χ4n) is 1.42. The van der Waals surface area contributed by atoms with Crippen molar-refractivity contribution in [2.75, 3.05) is 45.9 Å². The van der Waals surface area contributed by atoms with Crippen molar-refractivity contribution in [2.24, 2.45) is 0 Å². The van der Waals surface area contributed by atoms with Crippen LogP contribution in [0.15, 0.2) is 12.4 Å². The summed E-state index contributed by atoms with van der Waals surface area (Å²) in [6.07, 6.45) is 4.83. The van der Waals surface area contributed by atoms with Crippen LogP contribution in [0.2, 0.25) is 0 Å². The molecule has 0 radical (unpaired) electrons. The second-order valence-corrected chi connectivity index (χ2v) is 4.02. The molecule has 0 aromatic carbocycles. The van der Waals surface area contributed by atoms with Gasteiger partial charge in [0.2, 0.25) is 0 Å². The highest BCUT2D eigenvalue weighted by Crippen LogP contribution is 2.02. The van der Waals surface area contributed by atoms with Crippen LogP contribution in [-0.4, -0.2) is 56.5 Å². The maximum absolute atomic E-state index is 11.2. The molecular weight excluding hydrogens is 262 g/mol. The molecule has 20 heavy (non-hydrogen) atoms. The van der Waals surface area contributed by atoms with E-state index in [0.29, 0.717) is 19.0 Å². The smallest absolute Gasteiger partial charge is 0.358 e. The standard InChI is InChI=1S/C13H21N3O4/c1-18-7-8-20-6-4-3-5-14-12-10-15-11(9-16-12)13(17)19-2/h9-10H,3-8H2,1-2H3,(H,14,16). The molecule has 0 unspecified atom stereocenters. The molecule has 7 nitrogen and oxygen atoms in total. The molecule has 1 aromatic rings. The van der Waals surface area contributed by atoms with Gasteiger partial charge in [-0.2, -0.15) is 0 Å². The van der Waals surface area contributed by atoms with Crippen LogP contribution in [0, 0.1) is 0 Å². The SMILES string of the molecule is COCCOCCCCNc1cnc(C(=O)OC)cn1. The highest BCUT2D eigenvalue weighted by atomic mass is 16.5. The Morgan fingerprint density at radius 2 is 2.00 bits per heavy atom. The lowest BCUT2D eigenvalue weighted by molar-refractivity contribution is 0.0593. The molecule has 0 fully saturated rings. The van der Waals surface area contributed by atoms with E-state index >= 15 is 0 Å². The van der Waals surface area contributed by atoms with E-state index in [1.807, 2.05) is 0 Å². The lowest BCUT2D eigenvalue weighted by Crippen LogP contribution is -2.09. The summed E-state index contributed by atoms with van der Waals surface area (Å²) in [5.41, 5.74) is 0.199. The monoisotopic (exact) mass is 283 g/mol. The largest absolute Gasteiger partial charge is 0.464 e. The molecule has 0 aliphatic rings. The van der Waals surface area contributed by atoms with Gasteiger partial charge in [0.15, 0.2) is 5.69 Å². The Hall–Kier alpha value is -1.73. The van der Waals surface area contributed by atoms with Crippen molar-refractivity contribution in [1.29, 1.82) is 0 Å². The zero-order chi connectivity index (χ0) is 14.6. The summed E-state index contributed by atoms with van der Waals surface area (Å²) in [4.78, 5) is 19.2. The number of carbonyl (C=O) groups is 1. The van der Waals surface area contributed by atoms with E-state index < -0.39 is 5.97 Å². The summed E-state index contributed by atoms with van der Waals surface area (Å²) in [5, 5.41) is 3.12. The van der Waals surface area contributed by atoms with E-state index in [1.165, 1.54) is 19.5 Å². The number of esters is 1. The zero-order valence-electron chi connectivity index (χ0n) is 11.9. The third kappa shape index (κ3) is 6.44. The van der Waals surface area contributed by atoms with Crippen molar-refractivity contribution in [3.63, 3.8) is 0 Å². The molecular formula is C13H21N3O4. The maximum Gasteiger partial charge on any atom is 0.358 e. The average molecular weight is 283 g/mol. The summed E-state index contributed by atoms with van der Waals surface area (Å²) in [7, 11) is 2.96. The number of methoxy groups -OCH3 is 2. The second kappa shape index (κ2) is 10.1. The number of nitrogens with zero attached hydrogens (tertiary/aromatic N) is 2. The third-order valence-electron chi connectivity index (χ3n) is 2.50. The van der Waals surface area contributed by atoms with Crippen molar-refractivity contribution in [3.05, 3.63) is 18.1 Å². The van der Waals surface area contributed by atoms with Gasteiger partial charge in [-0.05, 0) is 12.8 Å². The number of aromatic nitrogens is 2. The molecule has 7 heteroatoms. The minimum Gasteiger partial charge on any atom is -0.464 e. The number of carbonyl (C=O) groups excluding carboxylic acids is 1. The van der Waals surface area contributed by atoms with Crippen LogP contribution in [0.3, 0.4) is 0 Å². The molecule has 1 rings (SSSR count). The Morgan fingerprint density at radius 1 is 1.15 bits per heavy atom. The van der Waals surface area contributed by atoms with E-state index in [1.54, 1.807) is 7.11 Å². The Balaban J connectivity index is 2.11. The molecule has 0 saturated carbocycles. The minimum atomic E-state index is -0.489. The number of hydrogen-bond donors (Lipinski definition) is 1. The number of ether oxygens (including phenoxy) is 3. The van der Waals surface area contributed by atoms with E-state index in [9.17, 15) is 4.79 Å². The van der Waals surface area contributed by atoms with E-state index in [4.69, 9.17) is 9.47 Å². The molecule has 0 atom stereocenters. The fourth-order valence-corrected chi connectivity index (χ4v) is 1.42. The molecule has 0 bridgehead atoms. The summed E-state index contributed by atoms with van der Waals surface area (Å²) in [6, 6.07) is 0. The van der Waals surface area contributed by atoms with Crippen LogP contribution in [0.4, 0.5) is 5.82 Å². The number of hydrogen-bond acceptors (Lipinski definition) is 7. The predicted octanol–water partition coefficient (Wildman–Crippen LogP) is 1.12. The van der Waals surface area contributed by atoms with Crippen molar-refractivity contribution in [2.45, 2.75) is 12.8 Å². The van der Waals surface area contributed by atoms with Gasteiger partial charge in [0.05, 0.1) is 32.7 Å². The average Bonchev–Trinajstić information content (AvgIpc) is 2.50. The molecule has 1 N–H and O–H groups in total. The second-order valence-electron chi connectivity index (χ2n) is 4.02. The van der Waals surface area contributed by atoms with Gasteiger partial charge in [-0.1, -0.05) is 0 Å². The molecule has 0 aliphatic carbocycles. The first kappa shape index (κ1) is 16.3. The summed E-state index contributed by atoms with van der Waals surface area (Å²) in [5.74, 6) is 0.148. The minimum absolute atomic E-state index is 0.199. The number of unbranched alkanes of at least 4 members (excludes halogenated alkanes) is 1.